The molecular formula is C16H14ClN3O3. The van der Waals surface area contributed by atoms with E-state index in [4.69, 9.17) is 26.7 Å². The van der Waals surface area contributed by atoms with E-state index in [1.807, 2.05) is 6.92 Å². The lowest BCUT2D eigenvalue weighted by molar-refractivity contribution is 0.0696. The Labute approximate surface area is 138 Å². The summed E-state index contributed by atoms with van der Waals surface area (Å²) in [5.41, 5.74) is 1.29. The summed E-state index contributed by atoms with van der Waals surface area (Å²) in [5, 5.41) is 21.2. The second-order valence-corrected chi connectivity index (χ2v) is 5.20. The standard InChI is InChI=1S/C16H14ClN3O3/c1-9(12-5-10(7-18)3-4-14(12)23-2)20-15-13(17)6-11(8-19-15)16(21)22/h3-6,8-9H,1-2H3,(H,19,20)(H,21,22). The van der Waals surface area contributed by atoms with Crippen molar-refractivity contribution in [1.29, 1.82) is 5.26 Å². The van der Waals surface area contributed by atoms with Crippen molar-refractivity contribution in [3.63, 3.8) is 0 Å². The van der Waals surface area contributed by atoms with Crippen LogP contribution in [0.15, 0.2) is 30.5 Å². The molecule has 0 bridgehead atoms. The molecule has 2 N–H and O–H groups in total. The molecule has 7 heteroatoms. The Morgan fingerprint density at radius 2 is 2.22 bits per heavy atom. The number of methoxy groups -OCH3 is 1. The first-order valence-corrected chi connectivity index (χ1v) is 7.07. The first-order chi connectivity index (χ1) is 11.0. The minimum Gasteiger partial charge on any atom is -0.496 e. The number of hydrogen-bond donors (Lipinski definition) is 2. The van der Waals surface area contributed by atoms with E-state index in [0.717, 1.165) is 5.56 Å². The fourth-order valence-corrected chi connectivity index (χ4v) is 2.31. The van der Waals surface area contributed by atoms with Crippen LogP contribution < -0.4 is 10.1 Å². The molecule has 0 spiro atoms. The zero-order valence-corrected chi connectivity index (χ0v) is 13.3. The van der Waals surface area contributed by atoms with E-state index in [-0.39, 0.29) is 16.6 Å². The number of nitrogens with one attached hydrogen (secondary N) is 1. The zero-order valence-electron chi connectivity index (χ0n) is 12.5. The van der Waals surface area contributed by atoms with E-state index < -0.39 is 5.97 Å². The molecule has 1 aromatic carbocycles. The third-order valence-electron chi connectivity index (χ3n) is 3.27. The molecule has 1 heterocycles. The van der Waals surface area contributed by atoms with Gasteiger partial charge in [-0.25, -0.2) is 9.78 Å². The number of ether oxygens (including phenoxy) is 1. The average molecular weight is 332 g/mol. The number of halogens is 1. The molecule has 1 unspecified atom stereocenters. The average Bonchev–Trinajstić information content (AvgIpc) is 2.55. The van der Waals surface area contributed by atoms with Crippen molar-refractivity contribution < 1.29 is 14.6 Å². The summed E-state index contributed by atoms with van der Waals surface area (Å²) in [4.78, 5) is 14.9. The van der Waals surface area contributed by atoms with Gasteiger partial charge in [0.15, 0.2) is 0 Å². The fraction of sp³-hybridized carbons (Fsp3) is 0.188. The Morgan fingerprint density at radius 3 is 2.78 bits per heavy atom. The molecule has 1 atom stereocenters. The van der Waals surface area contributed by atoms with Crippen LogP contribution >= 0.6 is 11.6 Å². The molecule has 0 aliphatic heterocycles. The highest BCUT2D eigenvalue weighted by Crippen LogP contribution is 2.30. The van der Waals surface area contributed by atoms with E-state index in [9.17, 15) is 4.79 Å². The Balaban J connectivity index is 2.30. The molecule has 23 heavy (non-hydrogen) atoms. The van der Waals surface area contributed by atoms with Crippen molar-refractivity contribution >= 4 is 23.4 Å². The number of carbonyl (C=O) groups is 1. The van der Waals surface area contributed by atoms with Gasteiger partial charge in [0.2, 0.25) is 0 Å². The summed E-state index contributed by atoms with van der Waals surface area (Å²) in [6, 6.07) is 8.26. The Kier molecular flexibility index (Phi) is 5.04. The normalized spacial score (nSPS) is 11.4. The van der Waals surface area contributed by atoms with Gasteiger partial charge in [0, 0.05) is 11.8 Å². The molecule has 118 valence electrons. The van der Waals surface area contributed by atoms with Crippen molar-refractivity contribution in [1.82, 2.24) is 4.98 Å². The van der Waals surface area contributed by atoms with E-state index in [1.54, 1.807) is 25.3 Å². The van der Waals surface area contributed by atoms with Crippen LogP contribution in [0, 0.1) is 11.3 Å². The van der Waals surface area contributed by atoms with E-state index >= 15 is 0 Å². The smallest absolute Gasteiger partial charge is 0.337 e. The number of nitrogens with zero attached hydrogens (tertiary/aromatic N) is 2. The van der Waals surface area contributed by atoms with Gasteiger partial charge in [-0.3, -0.25) is 0 Å². The quantitative estimate of drug-likeness (QED) is 0.870. The summed E-state index contributed by atoms with van der Waals surface area (Å²) in [6.07, 6.45) is 1.23. The number of aromatic nitrogens is 1. The number of aromatic carboxylic acids is 1. The monoisotopic (exact) mass is 331 g/mol. The van der Waals surface area contributed by atoms with Crippen molar-refractivity contribution in [2.45, 2.75) is 13.0 Å². The Hall–Kier alpha value is -2.78. The number of hydrogen-bond acceptors (Lipinski definition) is 5. The largest absolute Gasteiger partial charge is 0.496 e. The Bertz CT molecular complexity index is 787. The molecule has 0 aliphatic rings. The molecule has 0 saturated heterocycles. The predicted octanol–water partition coefficient (Wildman–Crippen LogP) is 3.49. The zero-order chi connectivity index (χ0) is 17.0. The van der Waals surface area contributed by atoms with Crippen LogP contribution in [0.1, 0.15) is 34.5 Å². The highest BCUT2D eigenvalue weighted by molar-refractivity contribution is 6.33. The summed E-state index contributed by atoms with van der Waals surface area (Å²) < 4.78 is 5.30. The minimum atomic E-state index is -1.10. The molecule has 0 saturated carbocycles. The van der Waals surface area contributed by atoms with Crippen LogP contribution in [0.25, 0.3) is 0 Å². The molecule has 2 rings (SSSR count). The first-order valence-electron chi connectivity index (χ1n) is 6.69. The lowest BCUT2D eigenvalue weighted by Crippen LogP contribution is -2.11. The molecule has 0 radical (unpaired) electrons. The van der Waals surface area contributed by atoms with Crippen molar-refractivity contribution in [3.8, 4) is 11.8 Å². The number of nitriles is 1. The van der Waals surface area contributed by atoms with E-state index in [2.05, 4.69) is 16.4 Å². The van der Waals surface area contributed by atoms with Gasteiger partial charge in [-0.1, -0.05) is 11.6 Å². The van der Waals surface area contributed by atoms with Gasteiger partial charge in [-0.05, 0) is 31.2 Å². The fourth-order valence-electron chi connectivity index (χ4n) is 2.09. The van der Waals surface area contributed by atoms with Gasteiger partial charge < -0.3 is 15.2 Å². The molecule has 1 aromatic heterocycles. The number of benzene rings is 1. The van der Waals surface area contributed by atoms with Crippen LogP contribution in [-0.4, -0.2) is 23.2 Å². The number of anilines is 1. The summed E-state index contributed by atoms with van der Waals surface area (Å²) in [7, 11) is 1.55. The second kappa shape index (κ2) is 6.99. The number of carboxylic acid groups (broad SMARTS) is 1. The lowest BCUT2D eigenvalue weighted by atomic mass is 10.0. The topological polar surface area (TPSA) is 95.2 Å². The second-order valence-electron chi connectivity index (χ2n) is 4.79. The molecule has 0 fully saturated rings. The third kappa shape index (κ3) is 3.71. The molecule has 6 nitrogen and oxygen atoms in total. The van der Waals surface area contributed by atoms with Gasteiger partial charge in [-0.2, -0.15) is 5.26 Å². The maximum Gasteiger partial charge on any atom is 0.337 e. The van der Waals surface area contributed by atoms with E-state index in [0.29, 0.717) is 17.1 Å². The van der Waals surface area contributed by atoms with E-state index in [1.165, 1.54) is 12.3 Å². The lowest BCUT2D eigenvalue weighted by Gasteiger charge is -2.19. The van der Waals surface area contributed by atoms with Crippen LogP contribution in [0.3, 0.4) is 0 Å². The molecule has 0 amide bonds. The third-order valence-corrected chi connectivity index (χ3v) is 3.55. The molecule has 0 aliphatic carbocycles. The van der Waals surface area contributed by atoms with Crippen molar-refractivity contribution in [3.05, 3.63) is 52.2 Å². The van der Waals surface area contributed by atoms with Gasteiger partial charge in [0.1, 0.15) is 11.6 Å². The number of pyridine rings is 1. The highest BCUT2D eigenvalue weighted by atomic mass is 35.5. The first kappa shape index (κ1) is 16.6. The highest BCUT2D eigenvalue weighted by Gasteiger charge is 2.15. The van der Waals surface area contributed by atoms with Crippen LogP contribution in [0.4, 0.5) is 5.82 Å². The SMILES string of the molecule is COc1ccc(C#N)cc1C(C)Nc1ncc(C(=O)O)cc1Cl. The van der Waals surface area contributed by atoms with Crippen LogP contribution in [0.2, 0.25) is 5.02 Å². The minimum absolute atomic E-state index is 0.0114. The predicted molar refractivity (Wildman–Crippen MR) is 86.0 cm³/mol. The number of carboxylic acids is 1. The van der Waals surface area contributed by atoms with Gasteiger partial charge in [0.25, 0.3) is 0 Å². The van der Waals surface area contributed by atoms with Crippen molar-refractivity contribution in [2.24, 2.45) is 0 Å². The summed E-state index contributed by atoms with van der Waals surface area (Å²) in [6.45, 7) is 1.86. The number of rotatable bonds is 5. The summed E-state index contributed by atoms with van der Waals surface area (Å²) >= 11 is 6.07. The molecular weight excluding hydrogens is 318 g/mol. The van der Waals surface area contributed by atoms with Gasteiger partial charge in [0.05, 0.1) is 35.4 Å². The van der Waals surface area contributed by atoms with Crippen LogP contribution in [0.5, 0.6) is 5.75 Å². The van der Waals surface area contributed by atoms with Crippen molar-refractivity contribution in [2.75, 3.05) is 12.4 Å². The maximum absolute atomic E-state index is 10.9. The van der Waals surface area contributed by atoms with Gasteiger partial charge in [-0.15, -0.1) is 0 Å². The Morgan fingerprint density at radius 1 is 1.48 bits per heavy atom. The van der Waals surface area contributed by atoms with Gasteiger partial charge >= 0.3 is 5.97 Å². The molecule has 2 aromatic rings. The summed E-state index contributed by atoms with van der Waals surface area (Å²) in [5.74, 6) is -0.113. The van der Waals surface area contributed by atoms with Crippen LogP contribution in [-0.2, 0) is 0 Å². The maximum atomic E-state index is 10.9.